The molecule has 7 heteroatoms. The maximum absolute atomic E-state index is 13.8. The average molecular weight is 529 g/mol. The van der Waals surface area contributed by atoms with Gasteiger partial charge in [-0.05, 0) is 30.2 Å². The Balaban J connectivity index is 1.51. The Kier molecular flexibility index (Phi) is 6.26. The minimum Gasteiger partial charge on any atom is -0.350 e. The van der Waals surface area contributed by atoms with Crippen molar-refractivity contribution in [3.63, 3.8) is 0 Å². The molecular formula is C28H25BrN4O2. The number of hydrogen-bond acceptors (Lipinski definition) is 3. The molecule has 1 atom stereocenters. The number of nitrogens with zero attached hydrogens (tertiary/aromatic N) is 3. The van der Waals surface area contributed by atoms with Gasteiger partial charge in [0, 0.05) is 23.1 Å². The minimum atomic E-state index is -1.13. The fraction of sp³-hybridized carbons (Fsp3) is 0.179. The number of carbonyl (C=O) groups excluding carboxylic acids is 2. The lowest BCUT2D eigenvalue weighted by Crippen LogP contribution is -2.63. The number of benzene rings is 3. The van der Waals surface area contributed by atoms with E-state index in [1.807, 2.05) is 97.9 Å². The first-order chi connectivity index (χ1) is 17.0. The van der Waals surface area contributed by atoms with Crippen LogP contribution in [0, 0.1) is 0 Å². The highest BCUT2D eigenvalue weighted by molar-refractivity contribution is 9.10. The van der Waals surface area contributed by atoms with Crippen LogP contribution in [0.4, 0.5) is 0 Å². The number of halogens is 1. The van der Waals surface area contributed by atoms with Crippen LogP contribution in [0.5, 0.6) is 0 Å². The topological polar surface area (TPSA) is 67.2 Å². The second kappa shape index (κ2) is 9.50. The lowest BCUT2D eigenvalue weighted by atomic mass is 9.94. The van der Waals surface area contributed by atoms with Crippen molar-refractivity contribution in [1.29, 1.82) is 0 Å². The third-order valence-corrected chi connectivity index (χ3v) is 7.21. The van der Waals surface area contributed by atoms with E-state index in [1.165, 1.54) is 0 Å². The van der Waals surface area contributed by atoms with Crippen molar-refractivity contribution >= 4 is 27.7 Å². The molecule has 1 aromatic heterocycles. The number of amides is 2. The number of fused-ring (bicyclic) bond motifs is 1. The van der Waals surface area contributed by atoms with Gasteiger partial charge >= 0.3 is 0 Å². The molecule has 4 aromatic rings. The Bertz CT molecular complexity index is 1370. The average Bonchev–Trinajstić information content (AvgIpc) is 3.31. The lowest BCUT2D eigenvalue weighted by Gasteiger charge is -2.43. The van der Waals surface area contributed by atoms with Crippen molar-refractivity contribution in [2.75, 3.05) is 0 Å². The Morgan fingerprint density at radius 1 is 1.00 bits per heavy atom. The molecule has 6 nitrogen and oxygen atoms in total. The van der Waals surface area contributed by atoms with Crippen molar-refractivity contribution in [1.82, 2.24) is 20.0 Å². The molecule has 1 aliphatic rings. The predicted octanol–water partition coefficient (Wildman–Crippen LogP) is 5.04. The van der Waals surface area contributed by atoms with E-state index in [9.17, 15) is 9.59 Å². The monoisotopic (exact) mass is 528 g/mol. The van der Waals surface area contributed by atoms with Crippen LogP contribution in [0.25, 0.3) is 11.3 Å². The summed E-state index contributed by atoms with van der Waals surface area (Å²) in [4.78, 5) is 29.2. The lowest BCUT2D eigenvalue weighted by molar-refractivity contribution is -0.133. The molecule has 0 fully saturated rings. The van der Waals surface area contributed by atoms with E-state index >= 15 is 0 Å². The first-order valence-electron chi connectivity index (χ1n) is 11.5. The summed E-state index contributed by atoms with van der Waals surface area (Å²) in [7, 11) is 0. The van der Waals surface area contributed by atoms with Crippen LogP contribution in [0.3, 0.4) is 0 Å². The van der Waals surface area contributed by atoms with Crippen LogP contribution in [0.2, 0.25) is 0 Å². The van der Waals surface area contributed by atoms with E-state index in [4.69, 9.17) is 5.10 Å². The number of hydrogen-bond donors (Lipinski definition) is 1. The molecule has 176 valence electrons. The zero-order valence-corrected chi connectivity index (χ0v) is 20.9. The minimum absolute atomic E-state index is 0.218. The summed E-state index contributed by atoms with van der Waals surface area (Å²) >= 11 is 3.59. The summed E-state index contributed by atoms with van der Waals surface area (Å²) in [6.07, 6.45) is 0. The maximum atomic E-state index is 13.8. The molecular weight excluding hydrogens is 504 g/mol. The molecule has 0 unspecified atom stereocenters. The molecule has 0 aliphatic carbocycles. The third-order valence-electron chi connectivity index (χ3n) is 6.44. The fourth-order valence-corrected chi connectivity index (χ4v) is 4.82. The molecule has 2 heterocycles. The molecule has 1 N–H and O–H groups in total. The first-order valence-corrected chi connectivity index (χ1v) is 12.3. The van der Waals surface area contributed by atoms with Gasteiger partial charge in [0.05, 0.1) is 12.2 Å². The standard InChI is InChI=1S/C28H25BrN4O2/c1-28(27(35)30-17-20-10-4-2-5-11-20)19-33-25(16-24(31-33)21-12-6-3-7-13-21)26(34)32(28)18-22-14-8-9-15-23(22)29/h2-16H,17-19H2,1H3,(H,30,35)/t28-/m0/s1. The molecule has 0 saturated heterocycles. The van der Waals surface area contributed by atoms with Gasteiger partial charge in [-0.1, -0.05) is 94.8 Å². The molecule has 0 radical (unpaired) electrons. The summed E-state index contributed by atoms with van der Waals surface area (Å²) in [5, 5.41) is 7.75. The van der Waals surface area contributed by atoms with Crippen LogP contribution >= 0.6 is 15.9 Å². The molecule has 1 aliphatic heterocycles. The van der Waals surface area contributed by atoms with Gasteiger partial charge in [0.2, 0.25) is 5.91 Å². The van der Waals surface area contributed by atoms with Gasteiger partial charge in [-0.3, -0.25) is 14.3 Å². The highest BCUT2D eigenvalue weighted by Crippen LogP contribution is 2.32. The summed E-state index contributed by atoms with van der Waals surface area (Å²) in [6.45, 7) is 2.75. The number of carbonyl (C=O) groups is 2. The van der Waals surface area contributed by atoms with E-state index < -0.39 is 5.54 Å². The second-order valence-electron chi connectivity index (χ2n) is 8.86. The van der Waals surface area contributed by atoms with Gasteiger partial charge < -0.3 is 10.2 Å². The molecule has 0 spiro atoms. The smallest absolute Gasteiger partial charge is 0.273 e. The van der Waals surface area contributed by atoms with Crippen LogP contribution in [0.1, 0.15) is 28.5 Å². The molecule has 0 bridgehead atoms. The highest BCUT2D eigenvalue weighted by Gasteiger charge is 2.48. The van der Waals surface area contributed by atoms with Crippen molar-refractivity contribution in [3.8, 4) is 11.3 Å². The van der Waals surface area contributed by atoms with Crippen molar-refractivity contribution in [3.05, 3.63) is 112 Å². The van der Waals surface area contributed by atoms with Gasteiger partial charge in [-0.15, -0.1) is 0 Å². The van der Waals surface area contributed by atoms with Crippen molar-refractivity contribution in [2.45, 2.75) is 32.1 Å². The number of nitrogens with one attached hydrogen (secondary N) is 1. The summed E-state index contributed by atoms with van der Waals surface area (Å²) < 4.78 is 2.56. The zero-order chi connectivity index (χ0) is 24.4. The summed E-state index contributed by atoms with van der Waals surface area (Å²) in [5.41, 5.74) is 2.91. The number of rotatable bonds is 6. The van der Waals surface area contributed by atoms with Gasteiger partial charge in [-0.25, -0.2) is 0 Å². The Labute approximate surface area is 212 Å². The van der Waals surface area contributed by atoms with E-state index in [0.29, 0.717) is 24.5 Å². The van der Waals surface area contributed by atoms with E-state index in [2.05, 4.69) is 21.2 Å². The van der Waals surface area contributed by atoms with Crippen LogP contribution in [0.15, 0.2) is 95.5 Å². The largest absolute Gasteiger partial charge is 0.350 e. The van der Waals surface area contributed by atoms with Crippen molar-refractivity contribution in [2.24, 2.45) is 0 Å². The van der Waals surface area contributed by atoms with Gasteiger partial charge in [0.1, 0.15) is 11.2 Å². The van der Waals surface area contributed by atoms with Crippen molar-refractivity contribution < 1.29 is 9.59 Å². The Morgan fingerprint density at radius 2 is 1.66 bits per heavy atom. The fourth-order valence-electron chi connectivity index (χ4n) is 4.41. The van der Waals surface area contributed by atoms with E-state index in [-0.39, 0.29) is 18.4 Å². The molecule has 0 saturated carbocycles. The second-order valence-corrected chi connectivity index (χ2v) is 9.72. The molecule has 5 rings (SSSR count). The zero-order valence-electron chi connectivity index (χ0n) is 19.3. The Hall–Kier alpha value is -3.71. The van der Waals surface area contributed by atoms with Crippen LogP contribution in [-0.4, -0.2) is 32.0 Å². The van der Waals surface area contributed by atoms with E-state index in [0.717, 1.165) is 21.2 Å². The molecule has 2 amide bonds. The predicted molar refractivity (Wildman–Crippen MR) is 138 cm³/mol. The maximum Gasteiger partial charge on any atom is 0.273 e. The van der Waals surface area contributed by atoms with Gasteiger partial charge in [-0.2, -0.15) is 5.10 Å². The summed E-state index contributed by atoms with van der Waals surface area (Å²) in [6, 6.07) is 29.1. The van der Waals surface area contributed by atoms with Gasteiger partial charge in [0.15, 0.2) is 0 Å². The normalized spacial score (nSPS) is 17.2. The highest BCUT2D eigenvalue weighted by atomic mass is 79.9. The molecule has 35 heavy (non-hydrogen) atoms. The van der Waals surface area contributed by atoms with E-state index in [1.54, 1.807) is 9.58 Å². The van der Waals surface area contributed by atoms with Gasteiger partial charge in [0.25, 0.3) is 5.91 Å². The van der Waals surface area contributed by atoms with Crippen LogP contribution < -0.4 is 5.32 Å². The van der Waals surface area contributed by atoms with Crippen LogP contribution in [-0.2, 0) is 24.4 Å². The number of aromatic nitrogens is 2. The Morgan fingerprint density at radius 3 is 2.37 bits per heavy atom. The third kappa shape index (κ3) is 4.51. The first kappa shape index (κ1) is 23.1. The quantitative estimate of drug-likeness (QED) is 0.381. The SMILES string of the molecule is C[C@@]1(C(=O)NCc2ccccc2)Cn2nc(-c3ccccc3)cc2C(=O)N1Cc1ccccc1Br. The molecule has 3 aromatic carbocycles. The summed E-state index contributed by atoms with van der Waals surface area (Å²) in [5.74, 6) is -0.441.